The third-order valence-electron chi connectivity index (χ3n) is 3.32. The van der Waals surface area contributed by atoms with E-state index in [1.54, 1.807) is 6.07 Å². The molecule has 1 aliphatic rings. The van der Waals surface area contributed by atoms with E-state index >= 15 is 0 Å². The van der Waals surface area contributed by atoms with E-state index in [0.29, 0.717) is 6.04 Å². The van der Waals surface area contributed by atoms with E-state index in [1.165, 1.54) is 32.1 Å². The number of aromatic nitrogens is 1. The molecule has 0 aromatic carbocycles. The van der Waals surface area contributed by atoms with Crippen LogP contribution in [-0.4, -0.2) is 40.7 Å². The van der Waals surface area contributed by atoms with Crippen molar-refractivity contribution >= 4 is 0 Å². The SMILES string of the molecule is CC(CNCc1ccc(O)cn1)N1CCCC1. The van der Waals surface area contributed by atoms with Gasteiger partial charge in [-0.1, -0.05) is 0 Å². The van der Waals surface area contributed by atoms with Crippen molar-refractivity contribution in [1.29, 1.82) is 0 Å². The molecule has 0 spiro atoms. The molecule has 1 aliphatic heterocycles. The second-order valence-corrected chi connectivity index (χ2v) is 4.73. The van der Waals surface area contributed by atoms with Crippen LogP contribution in [0, 0.1) is 0 Å². The second-order valence-electron chi connectivity index (χ2n) is 4.73. The van der Waals surface area contributed by atoms with E-state index in [4.69, 9.17) is 5.11 Å². The van der Waals surface area contributed by atoms with Crippen molar-refractivity contribution in [3.05, 3.63) is 24.0 Å². The highest BCUT2D eigenvalue weighted by atomic mass is 16.3. The van der Waals surface area contributed by atoms with Crippen LogP contribution >= 0.6 is 0 Å². The summed E-state index contributed by atoms with van der Waals surface area (Å²) in [5.41, 5.74) is 0.969. The summed E-state index contributed by atoms with van der Waals surface area (Å²) in [6, 6.07) is 4.12. The van der Waals surface area contributed by atoms with Crippen molar-refractivity contribution in [2.24, 2.45) is 0 Å². The van der Waals surface area contributed by atoms with E-state index < -0.39 is 0 Å². The number of nitrogens with zero attached hydrogens (tertiary/aromatic N) is 2. The summed E-state index contributed by atoms with van der Waals surface area (Å²) in [7, 11) is 0. The van der Waals surface area contributed by atoms with Gasteiger partial charge in [0, 0.05) is 19.1 Å². The molecule has 94 valence electrons. The van der Waals surface area contributed by atoms with Crippen LogP contribution in [0.1, 0.15) is 25.5 Å². The first-order valence-corrected chi connectivity index (χ1v) is 6.34. The topological polar surface area (TPSA) is 48.4 Å². The second kappa shape index (κ2) is 5.98. The highest BCUT2D eigenvalue weighted by Crippen LogP contribution is 2.11. The summed E-state index contributed by atoms with van der Waals surface area (Å²) in [5, 5.41) is 12.5. The molecule has 17 heavy (non-hydrogen) atoms. The third kappa shape index (κ3) is 3.68. The first-order valence-electron chi connectivity index (χ1n) is 6.34. The summed E-state index contributed by atoms with van der Waals surface area (Å²) < 4.78 is 0. The van der Waals surface area contributed by atoms with Gasteiger partial charge in [-0.05, 0) is 45.0 Å². The molecule has 1 unspecified atom stereocenters. The largest absolute Gasteiger partial charge is 0.506 e. The quantitative estimate of drug-likeness (QED) is 0.809. The van der Waals surface area contributed by atoms with Gasteiger partial charge in [-0.3, -0.25) is 9.88 Å². The molecule has 0 radical (unpaired) electrons. The molecular formula is C13H21N3O. The lowest BCUT2D eigenvalue weighted by molar-refractivity contribution is 0.251. The summed E-state index contributed by atoms with van der Waals surface area (Å²) in [6.07, 6.45) is 4.16. The number of pyridine rings is 1. The Labute approximate surface area is 103 Å². The molecule has 2 N–H and O–H groups in total. The van der Waals surface area contributed by atoms with Gasteiger partial charge in [0.2, 0.25) is 0 Å². The molecule has 4 nitrogen and oxygen atoms in total. The average Bonchev–Trinajstić information content (AvgIpc) is 2.85. The van der Waals surface area contributed by atoms with Crippen molar-refractivity contribution in [2.45, 2.75) is 32.4 Å². The fourth-order valence-corrected chi connectivity index (χ4v) is 2.24. The lowest BCUT2D eigenvalue weighted by Gasteiger charge is -2.23. The predicted octanol–water partition coefficient (Wildman–Crippen LogP) is 1.36. The Bertz CT molecular complexity index is 333. The maximum absolute atomic E-state index is 9.12. The van der Waals surface area contributed by atoms with Crippen LogP contribution in [0.25, 0.3) is 0 Å². The Kier molecular flexibility index (Phi) is 4.34. The molecule has 1 fully saturated rings. The third-order valence-corrected chi connectivity index (χ3v) is 3.32. The van der Waals surface area contributed by atoms with Crippen LogP contribution in [0.15, 0.2) is 18.3 Å². The highest BCUT2D eigenvalue weighted by molar-refractivity contribution is 5.17. The van der Waals surface area contributed by atoms with Crippen molar-refractivity contribution < 1.29 is 5.11 Å². The molecule has 0 bridgehead atoms. The number of hydrogen-bond acceptors (Lipinski definition) is 4. The van der Waals surface area contributed by atoms with E-state index in [0.717, 1.165) is 18.8 Å². The zero-order valence-electron chi connectivity index (χ0n) is 10.4. The Morgan fingerprint density at radius 1 is 1.41 bits per heavy atom. The number of likely N-dealkylation sites (tertiary alicyclic amines) is 1. The van der Waals surface area contributed by atoms with Crippen molar-refractivity contribution in [2.75, 3.05) is 19.6 Å². The van der Waals surface area contributed by atoms with Gasteiger partial charge < -0.3 is 10.4 Å². The normalized spacial score (nSPS) is 18.4. The van der Waals surface area contributed by atoms with Crippen LogP contribution in [-0.2, 0) is 6.54 Å². The minimum Gasteiger partial charge on any atom is -0.506 e. The maximum atomic E-state index is 9.12. The van der Waals surface area contributed by atoms with E-state index in [-0.39, 0.29) is 5.75 Å². The molecular weight excluding hydrogens is 214 g/mol. The Morgan fingerprint density at radius 2 is 2.18 bits per heavy atom. The summed E-state index contributed by atoms with van der Waals surface area (Å²) in [4.78, 5) is 6.67. The fraction of sp³-hybridized carbons (Fsp3) is 0.615. The number of rotatable bonds is 5. The zero-order chi connectivity index (χ0) is 12.1. The molecule has 0 amide bonds. The monoisotopic (exact) mass is 235 g/mol. The van der Waals surface area contributed by atoms with Gasteiger partial charge in [0.25, 0.3) is 0 Å². The minimum absolute atomic E-state index is 0.221. The molecule has 0 aliphatic carbocycles. The van der Waals surface area contributed by atoms with Crippen molar-refractivity contribution in [3.8, 4) is 5.75 Å². The van der Waals surface area contributed by atoms with Crippen LogP contribution in [0.3, 0.4) is 0 Å². The molecule has 4 heteroatoms. The standard InChI is InChI=1S/C13H21N3O/c1-11(16-6-2-3-7-16)8-14-9-12-4-5-13(17)10-15-12/h4-5,10-11,14,17H,2-3,6-9H2,1H3. The Balaban J connectivity index is 1.70. The van der Waals surface area contributed by atoms with Crippen LogP contribution in [0.2, 0.25) is 0 Å². The molecule has 2 heterocycles. The van der Waals surface area contributed by atoms with Crippen molar-refractivity contribution in [3.63, 3.8) is 0 Å². The van der Waals surface area contributed by atoms with Gasteiger partial charge in [-0.15, -0.1) is 0 Å². The van der Waals surface area contributed by atoms with Gasteiger partial charge in [0.05, 0.1) is 11.9 Å². The highest BCUT2D eigenvalue weighted by Gasteiger charge is 2.17. The van der Waals surface area contributed by atoms with Gasteiger partial charge in [0.15, 0.2) is 0 Å². The number of nitrogens with one attached hydrogen (secondary N) is 1. The van der Waals surface area contributed by atoms with Gasteiger partial charge in [-0.25, -0.2) is 0 Å². The average molecular weight is 235 g/mol. The summed E-state index contributed by atoms with van der Waals surface area (Å²) >= 11 is 0. The number of hydrogen-bond donors (Lipinski definition) is 2. The minimum atomic E-state index is 0.221. The lowest BCUT2D eigenvalue weighted by atomic mass is 10.3. The first kappa shape index (κ1) is 12.3. The van der Waals surface area contributed by atoms with E-state index in [1.807, 2.05) is 6.07 Å². The Morgan fingerprint density at radius 3 is 2.82 bits per heavy atom. The molecule has 0 saturated carbocycles. The molecule has 1 aromatic rings. The molecule has 1 aromatic heterocycles. The fourth-order valence-electron chi connectivity index (χ4n) is 2.24. The molecule has 1 saturated heterocycles. The molecule has 2 rings (SSSR count). The summed E-state index contributed by atoms with van der Waals surface area (Å²) in [6.45, 7) is 6.49. The van der Waals surface area contributed by atoms with E-state index in [2.05, 4.69) is 22.1 Å². The van der Waals surface area contributed by atoms with Gasteiger partial charge in [0.1, 0.15) is 5.75 Å². The van der Waals surface area contributed by atoms with Crippen LogP contribution < -0.4 is 5.32 Å². The van der Waals surface area contributed by atoms with E-state index in [9.17, 15) is 0 Å². The zero-order valence-corrected chi connectivity index (χ0v) is 10.4. The molecule has 1 atom stereocenters. The summed E-state index contributed by atoms with van der Waals surface area (Å²) in [5.74, 6) is 0.221. The van der Waals surface area contributed by atoms with Gasteiger partial charge in [-0.2, -0.15) is 0 Å². The lowest BCUT2D eigenvalue weighted by Crippen LogP contribution is -2.38. The van der Waals surface area contributed by atoms with Crippen LogP contribution in [0.5, 0.6) is 5.75 Å². The van der Waals surface area contributed by atoms with Gasteiger partial charge >= 0.3 is 0 Å². The van der Waals surface area contributed by atoms with Crippen LogP contribution in [0.4, 0.5) is 0 Å². The maximum Gasteiger partial charge on any atom is 0.133 e. The van der Waals surface area contributed by atoms with Crippen molar-refractivity contribution in [1.82, 2.24) is 15.2 Å². The predicted molar refractivity (Wildman–Crippen MR) is 67.9 cm³/mol. The number of aromatic hydroxyl groups is 1. The first-order chi connectivity index (χ1) is 8.25. The Hall–Kier alpha value is -1.13. The smallest absolute Gasteiger partial charge is 0.133 e.